The van der Waals surface area contributed by atoms with Gasteiger partial charge in [-0.05, 0) is 37.6 Å². The van der Waals surface area contributed by atoms with Crippen LogP contribution in [0.3, 0.4) is 0 Å². The van der Waals surface area contributed by atoms with Crippen LogP contribution in [0, 0.1) is 5.82 Å². The van der Waals surface area contributed by atoms with Gasteiger partial charge in [-0.1, -0.05) is 0 Å². The average Bonchev–Trinajstić information content (AvgIpc) is 2.83. The molecule has 2 rings (SSSR count). The minimum atomic E-state index is -0.595. The molecule has 1 aliphatic rings. The number of nitrogens with zero attached hydrogens (tertiary/aromatic N) is 2. The molecule has 1 aromatic rings. The Bertz CT molecular complexity index is 450. The van der Waals surface area contributed by atoms with Gasteiger partial charge in [0.25, 0.3) is 0 Å². The third-order valence-electron chi connectivity index (χ3n) is 3.61. The molecule has 1 unspecified atom stereocenters. The number of benzene rings is 1. The van der Waals surface area contributed by atoms with Gasteiger partial charge < -0.3 is 14.9 Å². The summed E-state index contributed by atoms with van der Waals surface area (Å²) >= 11 is 0. The lowest BCUT2D eigenvalue weighted by atomic mass is 10.2. The number of halogens is 1. The van der Waals surface area contributed by atoms with Crippen LogP contribution >= 0.6 is 0 Å². The van der Waals surface area contributed by atoms with E-state index in [1.54, 1.807) is 17.0 Å². The summed E-state index contributed by atoms with van der Waals surface area (Å²) in [4.78, 5) is 15.2. The first kappa shape index (κ1) is 14.8. The van der Waals surface area contributed by atoms with Crippen molar-refractivity contribution in [2.24, 2.45) is 0 Å². The minimum absolute atomic E-state index is 0.119. The summed E-state index contributed by atoms with van der Waals surface area (Å²) in [6.45, 7) is 4.24. The molecule has 0 radical (unpaired) electrons. The highest BCUT2D eigenvalue weighted by Crippen LogP contribution is 2.16. The molecule has 1 heterocycles. The largest absolute Gasteiger partial charge is 0.389 e. The SMILES string of the molecule is CCN(CC(O)CN1CCCC1=O)c1ccc(F)cc1. The van der Waals surface area contributed by atoms with Crippen molar-refractivity contribution >= 4 is 11.6 Å². The first-order valence-electron chi connectivity index (χ1n) is 7.06. The molecular weight excluding hydrogens is 259 g/mol. The molecule has 1 atom stereocenters. The van der Waals surface area contributed by atoms with E-state index >= 15 is 0 Å². The number of aliphatic hydroxyl groups is 1. The molecule has 1 aliphatic heterocycles. The predicted molar refractivity (Wildman–Crippen MR) is 76.1 cm³/mol. The summed E-state index contributed by atoms with van der Waals surface area (Å²) in [5, 5.41) is 10.1. The Morgan fingerprint density at radius 2 is 2.10 bits per heavy atom. The van der Waals surface area contributed by atoms with Crippen molar-refractivity contribution < 1.29 is 14.3 Å². The molecule has 5 heteroatoms. The number of anilines is 1. The smallest absolute Gasteiger partial charge is 0.222 e. The first-order chi connectivity index (χ1) is 9.60. The van der Waals surface area contributed by atoms with Crippen LogP contribution in [0.2, 0.25) is 0 Å². The molecule has 110 valence electrons. The zero-order chi connectivity index (χ0) is 14.5. The van der Waals surface area contributed by atoms with Crippen molar-refractivity contribution in [1.29, 1.82) is 0 Å². The average molecular weight is 280 g/mol. The van der Waals surface area contributed by atoms with Crippen LogP contribution in [0.15, 0.2) is 24.3 Å². The molecule has 0 saturated carbocycles. The van der Waals surface area contributed by atoms with E-state index in [0.717, 1.165) is 25.2 Å². The Balaban J connectivity index is 1.92. The molecule has 1 N–H and O–H groups in total. The van der Waals surface area contributed by atoms with Crippen LogP contribution < -0.4 is 4.90 Å². The van der Waals surface area contributed by atoms with E-state index in [1.165, 1.54) is 12.1 Å². The Labute approximate surface area is 118 Å². The number of β-amino-alcohol motifs (C(OH)–C–C–N with tert-alkyl or cyclic N) is 1. The van der Waals surface area contributed by atoms with Gasteiger partial charge in [0.2, 0.25) is 5.91 Å². The summed E-state index contributed by atoms with van der Waals surface area (Å²) in [6.07, 6.45) is 0.866. The molecule has 1 saturated heterocycles. The molecular formula is C15H21FN2O2. The zero-order valence-corrected chi connectivity index (χ0v) is 11.8. The fraction of sp³-hybridized carbons (Fsp3) is 0.533. The Hall–Kier alpha value is -1.62. The van der Waals surface area contributed by atoms with Crippen LogP contribution in [0.25, 0.3) is 0 Å². The second kappa shape index (κ2) is 6.70. The van der Waals surface area contributed by atoms with Crippen LogP contribution in [0.5, 0.6) is 0 Å². The van der Waals surface area contributed by atoms with Crippen molar-refractivity contribution in [3.63, 3.8) is 0 Å². The number of likely N-dealkylation sites (N-methyl/N-ethyl adjacent to an activating group) is 1. The third kappa shape index (κ3) is 3.70. The van der Waals surface area contributed by atoms with Crippen molar-refractivity contribution in [1.82, 2.24) is 4.90 Å². The number of rotatable bonds is 6. The highest BCUT2D eigenvalue weighted by molar-refractivity contribution is 5.78. The van der Waals surface area contributed by atoms with Crippen molar-refractivity contribution in [3.8, 4) is 0 Å². The molecule has 0 aliphatic carbocycles. The lowest BCUT2D eigenvalue weighted by molar-refractivity contribution is -0.128. The summed E-state index contributed by atoms with van der Waals surface area (Å²) in [5.41, 5.74) is 0.876. The van der Waals surface area contributed by atoms with E-state index in [-0.39, 0.29) is 11.7 Å². The minimum Gasteiger partial charge on any atom is -0.389 e. The number of carbonyl (C=O) groups is 1. The maximum atomic E-state index is 12.9. The molecule has 1 aromatic carbocycles. The topological polar surface area (TPSA) is 43.8 Å². The van der Waals surface area contributed by atoms with E-state index in [4.69, 9.17) is 0 Å². The van der Waals surface area contributed by atoms with Gasteiger partial charge in [-0.25, -0.2) is 4.39 Å². The summed E-state index contributed by atoms with van der Waals surface area (Å²) in [7, 11) is 0. The third-order valence-corrected chi connectivity index (χ3v) is 3.61. The van der Waals surface area contributed by atoms with E-state index < -0.39 is 6.10 Å². The number of hydrogen-bond acceptors (Lipinski definition) is 3. The van der Waals surface area contributed by atoms with Gasteiger partial charge in [-0.15, -0.1) is 0 Å². The van der Waals surface area contributed by atoms with Crippen LogP contribution in [-0.2, 0) is 4.79 Å². The Morgan fingerprint density at radius 3 is 2.65 bits per heavy atom. The first-order valence-corrected chi connectivity index (χ1v) is 7.06. The normalized spacial score (nSPS) is 16.6. The maximum absolute atomic E-state index is 12.9. The fourth-order valence-electron chi connectivity index (χ4n) is 2.53. The molecule has 1 fully saturated rings. The second-order valence-electron chi connectivity index (χ2n) is 5.11. The van der Waals surface area contributed by atoms with E-state index in [2.05, 4.69) is 0 Å². The standard InChI is InChI=1S/C15H21FN2O2/c1-2-17(13-7-5-12(16)6-8-13)10-14(19)11-18-9-3-4-15(18)20/h5-8,14,19H,2-4,9-11H2,1H3. The molecule has 20 heavy (non-hydrogen) atoms. The quantitative estimate of drug-likeness (QED) is 0.861. The van der Waals surface area contributed by atoms with E-state index in [0.29, 0.717) is 19.5 Å². The number of likely N-dealkylation sites (tertiary alicyclic amines) is 1. The zero-order valence-electron chi connectivity index (χ0n) is 11.8. The molecule has 0 aromatic heterocycles. The van der Waals surface area contributed by atoms with Crippen molar-refractivity contribution in [2.75, 3.05) is 31.1 Å². The van der Waals surface area contributed by atoms with Gasteiger partial charge in [0.1, 0.15) is 5.82 Å². The lowest BCUT2D eigenvalue weighted by Crippen LogP contribution is -2.40. The fourth-order valence-corrected chi connectivity index (χ4v) is 2.53. The van der Waals surface area contributed by atoms with Crippen LogP contribution in [-0.4, -0.2) is 48.2 Å². The van der Waals surface area contributed by atoms with Gasteiger partial charge in [-0.2, -0.15) is 0 Å². The summed E-state index contributed by atoms with van der Waals surface area (Å²) in [5.74, 6) is -0.151. The molecule has 0 spiro atoms. The monoisotopic (exact) mass is 280 g/mol. The van der Waals surface area contributed by atoms with Gasteiger partial charge in [0, 0.05) is 38.3 Å². The number of amides is 1. The van der Waals surface area contributed by atoms with E-state index in [9.17, 15) is 14.3 Å². The summed E-state index contributed by atoms with van der Waals surface area (Å²) < 4.78 is 12.9. The highest BCUT2D eigenvalue weighted by atomic mass is 19.1. The predicted octanol–water partition coefficient (Wildman–Crippen LogP) is 1.64. The number of hydrogen-bond donors (Lipinski definition) is 1. The van der Waals surface area contributed by atoms with Crippen molar-refractivity contribution in [2.45, 2.75) is 25.9 Å². The Morgan fingerprint density at radius 1 is 1.40 bits per heavy atom. The highest BCUT2D eigenvalue weighted by Gasteiger charge is 2.23. The van der Waals surface area contributed by atoms with Gasteiger partial charge in [0.15, 0.2) is 0 Å². The molecule has 4 nitrogen and oxygen atoms in total. The lowest BCUT2D eigenvalue weighted by Gasteiger charge is -2.28. The maximum Gasteiger partial charge on any atom is 0.222 e. The van der Waals surface area contributed by atoms with Gasteiger partial charge in [-0.3, -0.25) is 4.79 Å². The second-order valence-corrected chi connectivity index (χ2v) is 5.11. The molecule has 0 bridgehead atoms. The van der Waals surface area contributed by atoms with Crippen LogP contribution in [0.1, 0.15) is 19.8 Å². The summed E-state index contributed by atoms with van der Waals surface area (Å²) in [6, 6.07) is 6.22. The van der Waals surface area contributed by atoms with Crippen LogP contribution in [0.4, 0.5) is 10.1 Å². The van der Waals surface area contributed by atoms with E-state index in [1.807, 2.05) is 11.8 Å². The van der Waals surface area contributed by atoms with Gasteiger partial charge >= 0.3 is 0 Å². The number of carbonyl (C=O) groups excluding carboxylic acids is 1. The number of aliphatic hydroxyl groups excluding tert-OH is 1. The van der Waals surface area contributed by atoms with Crippen molar-refractivity contribution in [3.05, 3.63) is 30.1 Å². The molecule has 1 amide bonds. The van der Waals surface area contributed by atoms with Gasteiger partial charge in [0.05, 0.1) is 6.10 Å². The Kier molecular flexibility index (Phi) is 4.95.